The second-order valence-electron chi connectivity index (χ2n) is 8.86. The zero-order chi connectivity index (χ0) is 29.2. The van der Waals surface area contributed by atoms with E-state index in [2.05, 4.69) is 21.5 Å². The van der Waals surface area contributed by atoms with E-state index < -0.39 is 5.60 Å². The standard InChI is InChI=1S/C17H12ClFN2O.C14H14Cl2N2O/c18-16-4-2-1-3-15(16)17(22,13-9-20-11-21-10-13)12-5-7-14(19)8-6-12;1-2-7-19-14(9-18-6-5-17-10-18)12-4-3-11(15)8-13(12)16/h1-11,22H;2-6,8,10,14H,1,7,9H2. The van der Waals surface area contributed by atoms with Crippen LogP contribution in [0.2, 0.25) is 15.1 Å². The van der Waals surface area contributed by atoms with Crippen molar-refractivity contribution in [2.45, 2.75) is 18.2 Å². The second-order valence-corrected chi connectivity index (χ2v) is 10.1. The lowest BCUT2D eigenvalue weighted by Gasteiger charge is -2.30. The molecular formula is C31H26Cl3FN4O2. The van der Waals surface area contributed by atoms with Crippen LogP contribution in [-0.2, 0) is 16.9 Å². The van der Waals surface area contributed by atoms with Crippen LogP contribution in [0.4, 0.5) is 4.39 Å². The molecule has 0 saturated heterocycles. The topological polar surface area (TPSA) is 73.1 Å². The first kappa shape index (κ1) is 30.4. The Balaban J connectivity index is 0.000000191. The summed E-state index contributed by atoms with van der Waals surface area (Å²) in [6, 6.07) is 18.0. The molecule has 2 heterocycles. The van der Waals surface area contributed by atoms with Crippen molar-refractivity contribution >= 4 is 34.8 Å². The fraction of sp³-hybridized carbons (Fsp3) is 0.129. The van der Waals surface area contributed by atoms with Gasteiger partial charge in [0, 0.05) is 56.5 Å². The third-order valence-corrected chi connectivity index (χ3v) is 7.06. The third kappa shape index (κ3) is 7.58. The summed E-state index contributed by atoms with van der Waals surface area (Å²) in [7, 11) is 0. The zero-order valence-corrected chi connectivity index (χ0v) is 24.0. The van der Waals surface area contributed by atoms with Gasteiger partial charge in [0.2, 0.25) is 0 Å². The molecule has 0 bridgehead atoms. The Morgan fingerprint density at radius 3 is 2.32 bits per heavy atom. The molecular weight excluding hydrogens is 586 g/mol. The molecule has 0 aliphatic heterocycles. The van der Waals surface area contributed by atoms with E-state index in [0.29, 0.717) is 44.9 Å². The molecule has 2 unspecified atom stereocenters. The SMILES string of the molecule is C=CCOC(Cn1ccnc1)c1ccc(Cl)cc1Cl.OC(c1ccc(F)cc1)(c1cncnc1)c1ccccc1Cl. The van der Waals surface area contributed by atoms with E-state index in [1.54, 1.807) is 55.0 Å². The van der Waals surface area contributed by atoms with Crippen molar-refractivity contribution < 1.29 is 14.2 Å². The Labute approximate surface area is 252 Å². The maximum atomic E-state index is 13.2. The van der Waals surface area contributed by atoms with Gasteiger partial charge < -0.3 is 14.4 Å². The number of hydrogen-bond donors (Lipinski definition) is 1. The van der Waals surface area contributed by atoms with Crippen LogP contribution in [0, 0.1) is 5.82 Å². The highest BCUT2D eigenvalue weighted by Gasteiger charge is 2.36. The molecule has 0 amide bonds. The van der Waals surface area contributed by atoms with Gasteiger partial charge in [-0.3, -0.25) is 0 Å². The lowest BCUT2D eigenvalue weighted by atomic mass is 9.81. The molecule has 5 rings (SSSR count). The Kier molecular flexibility index (Phi) is 10.6. The number of hydrogen-bond acceptors (Lipinski definition) is 5. The maximum absolute atomic E-state index is 13.2. The monoisotopic (exact) mass is 610 g/mol. The summed E-state index contributed by atoms with van der Waals surface area (Å²) in [6.45, 7) is 4.75. The van der Waals surface area contributed by atoms with E-state index in [-0.39, 0.29) is 11.9 Å². The molecule has 0 saturated carbocycles. The van der Waals surface area contributed by atoms with Crippen LogP contribution in [-0.4, -0.2) is 31.2 Å². The summed E-state index contributed by atoms with van der Waals surface area (Å²) >= 11 is 18.4. The van der Waals surface area contributed by atoms with Crippen LogP contribution in [0.1, 0.15) is 28.4 Å². The van der Waals surface area contributed by atoms with Gasteiger partial charge >= 0.3 is 0 Å². The molecule has 0 radical (unpaired) electrons. The summed E-state index contributed by atoms with van der Waals surface area (Å²) < 4.78 is 20.9. The van der Waals surface area contributed by atoms with Gasteiger partial charge in [-0.15, -0.1) is 6.58 Å². The first-order valence-corrected chi connectivity index (χ1v) is 13.6. The van der Waals surface area contributed by atoms with Crippen molar-refractivity contribution in [1.82, 2.24) is 19.5 Å². The van der Waals surface area contributed by atoms with Crippen molar-refractivity contribution in [2.24, 2.45) is 0 Å². The minimum atomic E-state index is -1.56. The molecule has 1 N–H and O–H groups in total. The highest BCUT2D eigenvalue weighted by molar-refractivity contribution is 6.35. The Bertz CT molecular complexity index is 1550. The molecule has 2 atom stereocenters. The molecule has 0 aliphatic carbocycles. The van der Waals surface area contributed by atoms with Crippen LogP contribution < -0.4 is 0 Å². The van der Waals surface area contributed by atoms with Crippen LogP contribution in [0.3, 0.4) is 0 Å². The van der Waals surface area contributed by atoms with Gasteiger partial charge in [0.05, 0.1) is 19.5 Å². The number of imidazole rings is 1. The smallest absolute Gasteiger partial charge is 0.144 e. The van der Waals surface area contributed by atoms with Gasteiger partial charge in [0.1, 0.15) is 23.8 Å². The fourth-order valence-electron chi connectivity index (χ4n) is 4.18. The van der Waals surface area contributed by atoms with Gasteiger partial charge in [-0.2, -0.15) is 0 Å². The molecule has 6 nitrogen and oxygen atoms in total. The zero-order valence-electron chi connectivity index (χ0n) is 21.7. The number of rotatable bonds is 9. The van der Waals surface area contributed by atoms with E-state index in [1.165, 1.54) is 43.0 Å². The highest BCUT2D eigenvalue weighted by atomic mass is 35.5. The number of aliphatic hydroxyl groups is 1. The van der Waals surface area contributed by atoms with Gasteiger partial charge in [-0.1, -0.05) is 77.3 Å². The Morgan fingerprint density at radius 2 is 1.68 bits per heavy atom. The number of nitrogens with zero attached hydrogens (tertiary/aromatic N) is 4. The molecule has 210 valence electrons. The van der Waals surface area contributed by atoms with Gasteiger partial charge in [-0.25, -0.2) is 19.3 Å². The van der Waals surface area contributed by atoms with Crippen molar-refractivity contribution in [3.63, 3.8) is 0 Å². The molecule has 0 aliphatic rings. The minimum absolute atomic E-state index is 0.169. The molecule has 5 aromatic rings. The van der Waals surface area contributed by atoms with Gasteiger partial charge in [0.25, 0.3) is 0 Å². The van der Waals surface area contributed by atoms with E-state index >= 15 is 0 Å². The molecule has 3 aromatic carbocycles. The second kappa shape index (κ2) is 14.3. The number of aromatic nitrogens is 4. The van der Waals surface area contributed by atoms with E-state index in [0.717, 1.165) is 5.56 Å². The predicted molar refractivity (Wildman–Crippen MR) is 160 cm³/mol. The Morgan fingerprint density at radius 1 is 0.951 bits per heavy atom. The van der Waals surface area contributed by atoms with Crippen LogP contribution in [0.5, 0.6) is 0 Å². The number of ether oxygens (including phenoxy) is 1. The summed E-state index contributed by atoms with van der Waals surface area (Å²) in [6.07, 6.45) is 11.3. The highest BCUT2D eigenvalue weighted by Crippen LogP contribution is 2.39. The van der Waals surface area contributed by atoms with Crippen LogP contribution in [0.15, 0.2) is 117 Å². The van der Waals surface area contributed by atoms with Crippen LogP contribution >= 0.6 is 34.8 Å². The van der Waals surface area contributed by atoms with Gasteiger partial charge in [-0.05, 0) is 35.9 Å². The first-order valence-electron chi connectivity index (χ1n) is 12.4. The van der Waals surface area contributed by atoms with E-state index in [4.69, 9.17) is 39.5 Å². The largest absolute Gasteiger partial charge is 0.376 e. The average molecular weight is 612 g/mol. The first-order chi connectivity index (χ1) is 19.8. The molecule has 0 fully saturated rings. The summed E-state index contributed by atoms with van der Waals surface area (Å²) in [4.78, 5) is 11.9. The van der Waals surface area contributed by atoms with Crippen LogP contribution in [0.25, 0.3) is 0 Å². The fourth-order valence-corrected chi connectivity index (χ4v) is 4.99. The molecule has 0 spiro atoms. The lowest BCUT2D eigenvalue weighted by molar-refractivity contribution is 0.0608. The summed E-state index contributed by atoms with van der Waals surface area (Å²) in [5.74, 6) is -0.380. The molecule has 2 aromatic heterocycles. The minimum Gasteiger partial charge on any atom is -0.376 e. The average Bonchev–Trinajstić information content (AvgIpc) is 3.50. The normalized spacial score (nSPS) is 13.0. The van der Waals surface area contributed by atoms with Crippen molar-refractivity contribution in [3.05, 3.63) is 160 Å². The molecule has 10 heteroatoms. The number of benzene rings is 3. The predicted octanol–water partition coefficient (Wildman–Crippen LogP) is 7.69. The number of halogens is 4. The maximum Gasteiger partial charge on any atom is 0.144 e. The third-order valence-electron chi connectivity index (χ3n) is 6.16. The quantitative estimate of drug-likeness (QED) is 0.173. The Hall–Kier alpha value is -3.59. The van der Waals surface area contributed by atoms with Crippen molar-refractivity contribution in [3.8, 4) is 0 Å². The lowest BCUT2D eigenvalue weighted by Crippen LogP contribution is -2.29. The molecule has 41 heavy (non-hydrogen) atoms. The summed E-state index contributed by atoms with van der Waals surface area (Å²) in [5.41, 5.74) is 0.763. The van der Waals surface area contributed by atoms with E-state index in [1.807, 2.05) is 16.8 Å². The van der Waals surface area contributed by atoms with Crippen molar-refractivity contribution in [1.29, 1.82) is 0 Å². The van der Waals surface area contributed by atoms with E-state index in [9.17, 15) is 9.50 Å². The summed E-state index contributed by atoms with van der Waals surface area (Å²) in [5, 5.41) is 13.0. The van der Waals surface area contributed by atoms with Crippen molar-refractivity contribution in [2.75, 3.05) is 6.61 Å². The van der Waals surface area contributed by atoms with Gasteiger partial charge in [0.15, 0.2) is 0 Å².